The van der Waals surface area contributed by atoms with Gasteiger partial charge in [-0.3, -0.25) is 0 Å². The maximum absolute atomic E-state index is 12.5. The Morgan fingerprint density at radius 3 is 2.45 bits per heavy atom. The number of nitrogens with zero attached hydrogens (tertiary/aromatic N) is 2. The first-order chi connectivity index (χ1) is 10.2. The summed E-state index contributed by atoms with van der Waals surface area (Å²) in [5.74, 6) is -0.626. The van der Waals surface area contributed by atoms with Crippen molar-refractivity contribution in [2.24, 2.45) is 0 Å². The minimum absolute atomic E-state index is 0.189. The molecule has 1 heterocycles. The Labute approximate surface area is 130 Å². The molecule has 1 aromatic carbocycles. The summed E-state index contributed by atoms with van der Waals surface area (Å²) in [6.07, 6.45) is -3.62. The molecule has 0 atom stereocenters. The third-order valence-electron chi connectivity index (χ3n) is 3.10. The van der Waals surface area contributed by atoms with Gasteiger partial charge in [-0.15, -0.1) is 0 Å². The molecule has 0 amide bonds. The topological polar surface area (TPSA) is 47.0 Å². The van der Waals surface area contributed by atoms with Crippen LogP contribution in [-0.4, -0.2) is 17.1 Å². The van der Waals surface area contributed by atoms with E-state index in [1.807, 2.05) is 19.9 Å². The second kappa shape index (κ2) is 6.00. The normalized spacial score (nSPS) is 11.4. The number of ether oxygens (including phenoxy) is 1. The van der Waals surface area contributed by atoms with Crippen molar-refractivity contribution in [1.82, 2.24) is 9.97 Å². The lowest BCUT2D eigenvalue weighted by atomic mass is 10.1. The van der Waals surface area contributed by atoms with Crippen molar-refractivity contribution in [3.8, 4) is 5.75 Å². The third-order valence-corrected chi connectivity index (χ3v) is 3.39. The van der Waals surface area contributed by atoms with Crippen LogP contribution in [0.5, 0.6) is 5.75 Å². The molecule has 0 aliphatic heterocycles. The van der Waals surface area contributed by atoms with Gasteiger partial charge in [-0.2, -0.15) is 13.2 Å². The number of benzene rings is 1. The zero-order valence-corrected chi connectivity index (χ0v) is 12.8. The highest BCUT2D eigenvalue weighted by Crippen LogP contribution is 2.34. The molecule has 0 saturated heterocycles. The van der Waals surface area contributed by atoms with Gasteiger partial charge in [0.15, 0.2) is 5.15 Å². The van der Waals surface area contributed by atoms with Gasteiger partial charge in [0.25, 0.3) is 0 Å². The summed E-state index contributed by atoms with van der Waals surface area (Å²) in [5, 5.41) is 2.66. The summed E-state index contributed by atoms with van der Waals surface area (Å²) in [4.78, 5) is 6.57. The van der Waals surface area contributed by atoms with Crippen LogP contribution in [0, 0.1) is 13.8 Å². The molecule has 1 N–H and O–H groups in total. The summed E-state index contributed by atoms with van der Waals surface area (Å²) < 4.78 is 42.8. The van der Waals surface area contributed by atoms with Crippen LogP contribution in [0.2, 0.25) is 5.15 Å². The number of rotatable bonds is 3. The Kier molecular flexibility index (Phi) is 4.46. The van der Waals surface area contributed by atoms with Gasteiger partial charge < -0.3 is 10.1 Å². The van der Waals surface area contributed by atoms with Crippen LogP contribution in [0.3, 0.4) is 0 Å². The molecule has 0 radical (unpaired) electrons. The van der Waals surface area contributed by atoms with Crippen LogP contribution < -0.4 is 10.1 Å². The third kappa shape index (κ3) is 3.24. The van der Waals surface area contributed by atoms with E-state index in [9.17, 15) is 13.2 Å². The predicted octanol–water partition coefficient (Wildman–Crippen LogP) is 4.52. The summed E-state index contributed by atoms with van der Waals surface area (Å²) in [5.41, 5.74) is 2.56. The molecule has 0 spiro atoms. The zero-order valence-electron chi connectivity index (χ0n) is 12.0. The fraction of sp³-hybridized carbons (Fsp3) is 0.286. The number of halogens is 4. The van der Waals surface area contributed by atoms with Crippen LogP contribution in [0.15, 0.2) is 18.3 Å². The van der Waals surface area contributed by atoms with E-state index < -0.39 is 12.0 Å². The highest BCUT2D eigenvalue weighted by molar-refractivity contribution is 6.32. The van der Waals surface area contributed by atoms with E-state index in [-0.39, 0.29) is 10.8 Å². The maximum Gasteiger partial charge on any atom is 0.451 e. The van der Waals surface area contributed by atoms with Gasteiger partial charge in [-0.1, -0.05) is 17.7 Å². The van der Waals surface area contributed by atoms with Gasteiger partial charge in [-0.05, 0) is 25.5 Å². The van der Waals surface area contributed by atoms with Crippen molar-refractivity contribution in [3.63, 3.8) is 0 Å². The summed E-state index contributed by atoms with van der Waals surface area (Å²) in [6.45, 7) is 3.68. The second-order valence-corrected chi connectivity index (χ2v) is 4.96. The molecule has 0 saturated carbocycles. The lowest BCUT2D eigenvalue weighted by Gasteiger charge is -2.16. The van der Waals surface area contributed by atoms with Crippen LogP contribution in [0.4, 0.5) is 24.5 Å². The molecule has 2 aromatic rings. The minimum atomic E-state index is -4.63. The minimum Gasteiger partial charge on any atom is -0.496 e. The van der Waals surface area contributed by atoms with E-state index >= 15 is 0 Å². The van der Waals surface area contributed by atoms with Crippen LogP contribution in [0.1, 0.15) is 17.0 Å². The zero-order chi connectivity index (χ0) is 16.5. The van der Waals surface area contributed by atoms with Gasteiger partial charge >= 0.3 is 6.18 Å². The first kappa shape index (κ1) is 16.4. The Bertz CT molecular complexity index is 704. The number of alkyl halides is 3. The van der Waals surface area contributed by atoms with E-state index in [4.69, 9.17) is 16.3 Å². The van der Waals surface area contributed by atoms with Gasteiger partial charge in [0.05, 0.1) is 19.0 Å². The maximum atomic E-state index is 12.5. The molecular weight excluding hydrogens is 319 g/mol. The predicted molar refractivity (Wildman–Crippen MR) is 77.8 cm³/mol. The average molecular weight is 332 g/mol. The van der Waals surface area contributed by atoms with Crippen molar-refractivity contribution >= 4 is 23.0 Å². The van der Waals surface area contributed by atoms with Gasteiger partial charge in [0, 0.05) is 11.3 Å². The van der Waals surface area contributed by atoms with E-state index in [1.54, 1.807) is 6.07 Å². The summed E-state index contributed by atoms with van der Waals surface area (Å²) >= 11 is 5.82. The number of aryl methyl sites for hydroxylation is 1. The molecule has 118 valence electrons. The van der Waals surface area contributed by atoms with Crippen molar-refractivity contribution < 1.29 is 17.9 Å². The van der Waals surface area contributed by atoms with Crippen molar-refractivity contribution in [2.75, 3.05) is 12.4 Å². The molecule has 0 unspecified atom stereocenters. The number of hydrogen-bond acceptors (Lipinski definition) is 4. The Morgan fingerprint density at radius 1 is 1.23 bits per heavy atom. The van der Waals surface area contributed by atoms with Crippen molar-refractivity contribution in [3.05, 3.63) is 40.4 Å². The van der Waals surface area contributed by atoms with Gasteiger partial charge in [-0.25, -0.2) is 9.97 Å². The number of methoxy groups -OCH3 is 1. The molecular formula is C14H13ClF3N3O. The molecule has 4 nitrogen and oxygen atoms in total. The van der Waals surface area contributed by atoms with Crippen molar-refractivity contribution in [2.45, 2.75) is 20.0 Å². The van der Waals surface area contributed by atoms with E-state index in [2.05, 4.69) is 15.3 Å². The SMILES string of the molecule is COc1ccc(C)c(Nc2cnc(C(F)(F)F)nc2Cl)c1C. The standard InChI is InChI=1S/C14H13ClF3N3O/c1-7-4-5-10(22-3)8(2)11(7)20-9-6-19-13(14(16,17)18)21-12(9)15/h4-6,20H,1-3H3. The van der Waals surface area contributed by atoms with Crippen LogP contribution >= 0.6 is 11.6 Å². The van der Waals surface area contributed by atoms with Crippen molar-refractivity contribution in [1.29, 1.82) is 0 Å². The van der Waals surface area contributed by atoms with Gasteiger partial charge in [0.1, 0.15) is 5.75 Å². The van der Waals surface area contributed by atoms with E-state index in [0.717, 1.165) is 17.3 Å². The first-order valence-electron chi connectivity index (χ1n) is 6.25. The quantitative estimate of drug-likeness (QED) is 0.840. The lowest BCUT2D eigenvalue weighted by Crippen LogP contribution is -2.11. The Morgan fingerprint density at radius 2 is 1.91 bits per heavy atom. The average Bonchev–Trinajstić information content (AvgIpc) is 2.44. The molecule has 22 heavy (non-hydrogen) atoms. The van der Waals surface area contributed by atoms with E-state index in [0.29, 0.717) is 11.4 Å². The summed E-state index contributed by atoms with van der Waals surface area (Å²) in [7, 11) is 1.54. The number of aromatic nitrogens is 2. The smallest absolute Gasteiger partial charge is 0.451 e. The molecule has 8 heteroatoms. The molecule has 0 bridgehead atoms. The fourth-order valence-electron chi connectivity index (χ4n) is 1.96. The van der Waals surface area contributed by atoms with Crippen LogP contribution in [-0.2, 0) is 6.18 Å². The number of nitrogens with one attached hydrogen (secondary N) is 1. The molecule has 0 fully saturated rings. The number of anilines is 2. The van der Waals surface area contributed by atoms with E-state index in [1.165, 1.54) is 7.11 Å². The molecule has 0 aliphatic rings. The fourth-order valence-corrected chi connectivity index (χ4v) is 2.13. The number of hydrogen-bond donors (Lipinski definition) is 1. The Hall–Kier alpha value is -2.02. The monoisotopic (exact) mass is 331 g/mol. The molecule has 0 aliphatic carbocycles. The summed E-state index contributed by atoms with van der Waals surface area (Å²) in [6, 6.07) is 3.63. The highest BCUT2D eigenvalue weighted by Gasteiger charge is 2.35. The first-order valence-corrected chi connectivity index (χ1v) is 6.62. The van der Waals surface area contributed by atoms with Gasteiger partial charge in [0.2, 0.25) is 5.82 Å². The molecule has 2 rings (SSSR count). The molecule has 1 aromatic heterocycles. The highest BCUT2D eigenvalue weighted by atomic mass is 35.5. The largest absolute Gasteiger partial charge is 0.496 e. The Balaban J connectivity index is 2.40. The lowest BCUT2D eigenvalue weighted by molar-refractivity contribution is -0.144. The second-order valence-electron chi connectivity index (χ2n) is 4.61. The van der Waals surface area contributed by atoms with Crippen LogP contribution in [0.25, 0.3) is 0 Å².